The van der Waals surface area contributed by atoms with E-state index in [0.29, 0.717) is 17.9 Å². The first kappa shape index (κ1) is 16.4. The van der Waals surface area contributed by atoms with Gasteiger partial charge in [0.25, 0.3) is 5.91 Å². The summed E-state index contributed by atoms with van der Waals surface area (Å²) in [5.41, 5.74) is 3.09. The number of hydrogen-bond acceptors (Lipinski definition) is 4. The molecule has 25 heavy (non-hydrogen) atoms. The lowest BCUT2D eigenvalue weighted by Crippen LogP contribution is -2.70. The normalized spacial score (nSPS) is 29.4. The van der Waals surface area contributed by atoms with Gasteiger partial charge in [0.2, 0.25) is 5.91 Å². The zero-order chi connectivity index (χ0) is 17.6. The number of nitrogens with one attached hydrogen (secondary N) is 2. The summed E-state index contributed by atoms with van der Waals surface area (Å²) >= 11 is 0. The van der Waals surface area contributed by atoms with E-state index in [2.05, 4.69) is 10.6 Å². The lowest BCUT2D eigenvalue weighted by Gasteiger charge is -2.47. The largest absolute Gasteiger partial charge is 0.496 e. The van der Waals surface area contributed by atoms with Gasteiger partial charge in [-0.3, -0.25) is 9.59 Å². The third kappa shape index (κ3) is 2.78. The van der Waals surface area contributed by atoms with Gasteiger partial charge in [0.1, 0.15) is 5.75 Å². The highest BCUT2D eigenvalue weighted by Gasteiger charge is 2.55. The molecule has 134 valence electrons. The Morgan fingerprint density at radius 1 is 1.16 bits per heavy atom. The SMILES string of the molecule is COc1cc2c(cc1C(=O)N[C@H]1[C@H]3CCO[C@H]3[C@@H]1NC(C)=O)CCC2. The highest BCUT2D eigenvalue weighted by molar-refractivity contribution is 5.97. The van der Waals surface area contributed by atoms with Crippen LogP contribution in [0, 0.1) is 5.92 Å². The smallest absolute Gasteiger partial charge is 0.255 e. The van der Waals surface area contributed by atoms with Crippen molar-refractivity contribution < 1.29 is 19.1 Å². The fourth-order valence-corrected chi connectivity index (χ4v) is 4.49. The second-order valence-electron chi connectivity index (χ2n) is 7.19. The molecule has 6 heteroatoms. The minimum absolute atomic E-state index is 0.0103. The number of hydrogen-bond donors (Lipinski definition) is 2. The first-order valence-corrected chi connectivity index (χ1v) is 8.98. The van der Waals surface area contributed by atoms with Gasteiger partial charge in [0.15, 0.2) is 0 Å². The average Bonchev–Trinajstić information content (AvgIpc) is 3.22. The number of methoxy groups -OCH3 is 1. The van der Waals surface area contributed by atoms with E-state index in [1.807, 2.05) is 12.1 Å². The number of benzene rings is 1. The van der Waals surface area contributed by atoms with Crippen molar-refractivity contribution in [2.75, 3.05) is 13.7 Å². The van der Waals surface area contributed by atoms with Gasteiger partial charge in [-0.1, -0.05) is 0 Å². The Morgan fingerprint density at radius 2 is 1.92 bits per heavy atom. The summed E-state index contributed by atoms with van der Waals surface area (Å²) in [6, 6.07) is 3.70. The minimum atomic E-state index is -0.158. The summed E-state index contributed by atoms with van der Waals surface area (Å²) in [5.74, 6) is 0.638. The molecule has 4 rings (SSSR count). The second kappa shape index (κ2) is 6.33. The number of carbonyl (C=O) groups is 2. The van der Waals surface area contributed by atoms with Crippen molar-refractivity contribution in [3.63, 3.8) is 0 Å². The fourth-order valence-electron chi connectivity index (χ4n) is 4.49. The first-order chi connectivity index (χ1) is 12.1. The Balaban J connectivity index is 1.54. The van der Waals surface area contributed by atoms with E-state index in [1.54, 1.807) is 7.11 Å². The molecule has 1 saturated heterocycles. The Bertz CT molecular complexity index is 718. The van der Waals surface area contributed by atoms with Crippen molar-refractivity contribution in [3.05, 3.63) is 28.8 Å². The van der Waals surface area contributed by atoms with Gasteiger partial charge in [-0.2, -0.15) is 0 Å². The minimum Gasteiger partial charge on any atom is -0.496 e. The quantitative estimate of drug-likeness (QED) is 0.861. The molecule has 4 atom stereocenters. The zero-order valence-electron chi connectivity index (χ0n) is 14.6. The maximum Gasteiger partial charge on any atom is 0.255 e. The highest BCUT2D eigenvalue weighted by atomic mass is 16.5. The standard InChI is InChI=1S/C19H24N2O4/c1-10(22)20-17-16(13-6-7-25-18(13)17)21-19(23)14-8-11-4-3-5-12(11)9-15(14)24-2/h8-9,13,16-18H,3-7H2,1-2H3,(H,20,22)(H,21,23)/t13-,16+,17-,18-/m1/s1. The van der Waals surface area contributed by atoms with E-state index >= 15 is 0 Å². The second-order valence-corrected chi connectivity index (χ2v) is 7.19. The van der Waals surface area contributed by atoms with Crippen LogP contribution in [0.4, 0.5) is 0 Å². The molecule has 0 aromatic heterocycles. The molecular formula is C19H24N2O4. The molecule has 1 heterocycles. The van der Waals surface area contributed by atoms with E-state index in [1.165, 1.54) is 18.1 Å². The van der Waals surface area contributed by atoms with Crippen LogP contribution < -0.4 is 15.4 Å². The van der Waals surface area contributed by atoms with Crippen LogP contribution in [0.15, 0.2) is 12.1 Å². The molecule has 2 aliphatic carbocycles. The molecule has 0 spiro atoms. The van der Waals surface area contributed by atoms with Gasteiger partial charge in [-0.05, 0) is 48.9 Å². The molecule has 0 unspecified atom stereocenters. The predicted molar refractivity (Wildman–Crippen MR) is 91.7 cm³/mol. The van der Waals surface area contributed by atoms with Gasteiger partial charge in [0, 0.05) is 19.4 Å². The predicted octanol–water partition coefficient (Wildman–Crippen LogP) is 1.21. The van der Waals surface area contributed by atoms with Gasteiger partial charge >= 0.3 is 0 Å². The summed E-state index contributed by atoms with van der Waals surface area (Å²) in [5, 5.41) is 6.03. The molecule has 1 aliphatic heterocycles. The molecule has 2 fully saturated rings. The summed E-state index contributed by atoms with van der Waals surface area (Å²) in [4.78, 5) is 24.4. The van der Waals surface area contributed by atoms with E-state index in [4.69, 9.17) is 9.47 Å². The van der Waals surface area contributed by atoms with Gasteiger partial charge in [0.05, 0.1) is 30.9 Å². The van der Waals surface area contributed by atoms with Crippen LogP contribution in [0.25, 0.3) is 0 Å². The number of ether oxygens (including phenoxy) is 2. The van der Waals surface area contributed by atoms with Crippen molar-refractivity contribution in [2.45, 2.75) is 50.8 Å². The van der Waals surface area contributed by atoms with Crippen molar-refractivity contribution in [2.24, 2.45) is 5.92 Å². The lowest BCUT2D eigenvalue weighted by molar-refractivity contribution is -0.123. The van der Waals surface area contributed by atoms with Crippen molar-refractivity contribution in [1.29, 1.82) is 0 Å². The van der Waals surface area contributed by atoms with Crippen molar-refractivity contribution in [3.8, 4) is 5.75 Å². The van der Waals surface area contributed by atoms with Crippen LogP contribution >= 0.6 is 0 Å². The Kier molecular flexibility index (Phi) is 4.15. The van der Waals surface area contributed by atoms with Crippen LogP contribution in [-0.4, -0.2) is 43.7 Å². The Labute approximate surface area is 147 Å². The first-order valence-electron chi connectivity index (χ1n) is 8.98. The summed E-state index contributed by atoms with van der Waals surface area (Å²) < 4.78 is 11.1. The number of aryl methyl sites for hydroxylation is 2. The van der Waals surface area contributed by atoms with E-state index in [0.717, 1.165) is 25.7 Å². The van der Waals surface area contributed by atoms with Crippen molar-refractivity contribution >= 4 is 11.8 Å². The van der Waals surface area contributed by atoms with Gasteiger partial charge in [-0.25, -0.2) is 0 Å². The summed E-state index contributed by atoms with van der Waals surface area (Å²) in [7, 11) is 1.59. The third-order valence-corrected chi connectivity index (χ3v) is 5.71. The molecular weight excluding hydrogens is 320 g/mol. The molecule has 1 aromatic rings. The van der Waals surface area contributed by atoms with E-state index in [-0.39, 0.29) is 35.9 Å². The third-order valence-electron chi connectivity index (χ3n) is 5.71. The maximum absolute atomic E-state index is 12.9. The summed E-state index contributed by atoms with van der Waals surface area (Å²) in [6.45, 7) is 2.17. The highest BCUT2D eigenvalue weighted by Crippen LogP contribution is 2.39. The Hall–Kier alpha value is -2.08. The topological polar surface area (TPSA) is 76.7 Å². The number of amides is 2. The van der Waals surface area contributed by atoms with Crippen LogP contribution in [0.2, 0.25) is 0 Å². The molecule has 1 saturated carbocycles. The maximum atomic E-state index is 12.9. The molecule has 2 amide bonds. The molecule has 0 radical (unpaired) electrons. The molecule has 0 bridgehead atoms. The lowest BCUT2D eigenvalue weighted by atomic mass is 9.71. The molecule has 3 aliphatic rings. The number of fused-ring (bicyclic) bond motifs is 2. The van der Waals surface area contributed by atoms with Gasteiger partial charge in [-0.15, -0.1) is 0 Å². The van der Waals surface area contributed by atoms with Crippen LogP contribution in [-0.2, 0) is 22.4 Å². The Morgan fingerprint density at radius 3 is 2.64 bits per heavy atom. The fraction of sp³-hybridized carbons (Fsp3) is 0.579. The number of rotatable bonds is 4. The molecule has 2 N–H and O–H groups in total. The van der Waals surface area contributed by atoms with Crippen LogP contribution in [0.3, 0.4) is 0 Å². The molecule has 6 nitrogen and oxygen atoms in total. The number of carbonyl (C=O) groups excluding carboxylic acids is 2. The van der Waals surface area contributed by atoms with E-state index in [9.17, 15) is 9.59 Å². The molecule has 1 aromatic carbocycles. The van der Waals surface area contributed by atoms with Crippen LogP contribution in [0.1, 0.15) is 41.3 Å². The average molecular weight is 344 g/mol. The van der Waals surface area contributed by atoms with E-state index < -0.39 is 0 Å². The van der Waals surface area contributed by atoms with Gasteiger partial charge < -0.3 is 20.1 Å². The van der Waals surface area contributed by atoms with Crippen LogP contribution in [0.5, 0.6) is 5.75 Å². The monoisotopic (exact) mass is 344 g/mol. The zero-order valence-corrected chi connectivity index (χ0v) is 14.6. The van der Waals surface area contributed by atoms with Crippen molar-refractivity contribution in [1.82, 2.24) is 10.6 Å². The summed E-state index contributed by atoms with van der Waals surface area (Å²) in [6.07, 6.45) is 4.10.